The summed E-state index contributed by atoms with van der Waals surface area (Å²) in [6.07, 6.45) is 0. The van der Waals surface area contributed by atoms with Crippen molar-refractivity contribution in [1.82, 2.24) is 0 Å². The average molecular weight is 391 g/mol. The summed E-state index contributed by atoms with van der Waals surface area (Å²) < 4.78 is 57.8. The summed E-state index contributed by atoms with van der Waals surface area (Å²) >= 11 is -0.649. The molecule has 0 radical (unpaired) electrons. The minimum absolute atomic E-state index is 2.42. The molecule has 0 atom stereocenters. The molecule has 0 aromatic carbocycles. The molecule has 11 heavy (non-hydrogen) atoms. The van der Waals surface area contributed by atoms with Gasteiger partial charge < -0.3 is 0 Å². The van der Waals surface area contributed by atoms with Crippen LogP contribution in [0.25, 0.3) is 0 Å². The molecule has 10 heteroatoms. The van der Waals surface area contributed by atoms with Gasteiger partial charge in [-0.1, -0.05) is 0 Å². The predicted molar refractivity (Wildman–Crippen MR) is 44.9 cm³/mol. The van der Waals surface area contributed by atoms with E-state index in [0.717, 1.165) is 0 Å². The molecule has 0 aliphatic rings. The summed E-state index contributed by atoms with van der Waals surface area (Å²) in [6, 6.07) is 0. The Bertz CT molecular complexity index is 223. The van der Waals surface area contributed by atoms with Crippen LogP contribution in [0.1, 0.15) is 0 Å². The van der Waals surface area contributed by atoms with E-state index in [4.69, 9.17) is 8.91 Å². The second-order valence-corrected chi connectivity index (χ2v) is 12.4. The van der Waals surface area contributed by atoms with Gasteiger partial charge in [0.15, 0.2) is 0 Å². The second kappa shape index (κ2) is 3.94. The molecule has 0 amide bonds. The molecule has 0 N–H and O–H groups in total. The molecule has 0 unspecified atom stereocenters. The standard InChI is InChI=1S/CBrClF3IO3S/c2-7(3)10-11(8,9)1(4,5)6. The summed E-state index contributed by atoms with van der Waals surface area (Å²) in [6.45, 7) is 0. The van der Waals surface area contributed by atoms with Crippen molar-refractivity contribution in [2.24, 2.45) is 0 Å². The molecule has 0 bridgehead atoms. The van der Waals surface area contributed by atoms with Gasteiger partial charge in [-0.15, -0.1) is 0 Å². The molecule has 0 heterocycles. The molecule has 0 fully saturated rings. The number of hydrogen-bond donors (Lipinski definition) is 0. The van der Waals surface area contributed by atoms with Gasteiger partial charge in [0, 0.05) is 0 Å². The quantitative estimate of drug-likeness (QED) is 0.537. The van der Waals surface area contributed by atoms with Crippen LogP contribution in [0.4, 0.5) is 13.2 Å². The van der Waals surface area contributed by atoms with Gasteiger partial charge in [-0.25, -0.2) is 0 Å². The maximum atomic E-state index is 11.4. The van der Waals surface area contributed by atoms with Crippen molar-refractivity contribution in [3.05, 3.63) is 0 Å². The molecule has 0 saturated carbocycles. The molecule has 0 aliphatic carbocycles. The Balaban J connectivity index is 4.51. The van der Waals surface area contributed by atoms with Gasteiger partial charge in [-0.05, 0) is 0 Å². The van der Waals surface area contributed by atoms with E-state index in [9.17, 15) is 21.6 Å². The van der Waals surface area contributed by atoms with Crippen LogP contribution in [0.3, 0.4) is 0 Å². The topological polar surface area (TPSA) is 43.4 Å². The molecule has 0 aliphatic heterocycles. The summed E-state index contributed by atoms with van der Waals surface area (Å²) in [5, 5.41) is 0. The van der Waals surface area contributed by atoms with Crippen LogP contribution in [0.2, 0.25) is 0 Å². The van der Waals surface area contributed by atoms with E-state index in [1.165, 1.54) is 0 Å². The van der Waals surface area contributed by atoms with Gasteiger partial charge in [0.2, 0.25) is 0 Å². The summed E-state index contributed by atoms with van der Waals surface area (Å²) in [7, 11) is -0.566. The van der Waals surface area contributed by atoms with Crippen LogP contribution in [-0.2, 0) is 12.6 Å². The third kappa shape index (κ3) is 4.10. The van der Waals surface area contributed by atoms with Crippen molar-refractivity contribution >= 4 is 48.6 Å². The molecule has 0 aromatic heterocycles. The Morgan fingerprint density at radius 3 is 1.91 bits per heavy atom. The van der Waals surface area contributed by atoms with Crippen molar-refractivity contribution in [2.45, 2.75) is 5.51 Å². The molecular weight excluding hydrogens is 391 g/mol. The first-order chi connectivity index (χ1) is 4.67. The first kappa shape index (κ1) is 12.2. The molecule has 3 nitrogen and oxygen atoms in total. The molecule has 0 saturated heterocycles. The summed E-state index contributed by atoms with van der Waals surface area (Å²) in [5.41, 5.74) is -5.40. The van der Waals surface area contributed by atoms with E-state index >= 15 is 0 Å². The van der Waals surface area contributed by atoms with E-state index in [-0.39, 0.29) is 0 Å². The van der Waals surface area contributed by atoms with Crippen molar-refractivity contribution < 1.29 is 24.1 Å². The van der Waals surface area contributed by atoms with Gasteiger partial charge in [-0.3, -0.25) is 0 Å². The number of alkyl halides is 3. The van der Waals surface area contributed by atoms with Crippen LogP contribution >= 0.6 is 38.5 Å². The molecule has 0 spiro atoms. The molecule has 70 valence electrons. The SMILES string of the molecule is O=S(=O)(OI(Cl)Br)C(F)(F)F. The van der Waals surface area contributed by atoms with Crippen molar-refractivity contribution in [1.29, 1.82) is 0 Å². The van der Waals surface area contributed by atoms with Gasteiger partial charge in [0.25, 0.3) is 0 Å². The Hall–Kier alpha value is 1.20. The zero-order valence-corrected chi connectivity index (χ0v) is 9.72. The van der Waals surface area contributed by atoms with Crippen LogP contribution in [0.15, 0.2) is 0 Å². The second-order valence-electron chi connectivity index (χ2n) is 1.13. The Kier molecular flexibility index (Phi) is 4.37. The van der Waals surface area contributed by atoms with Crippen LogP contribution in [-0.4, -0.2) is 13.9 Å². The zero-order chi connectivity index (χ0) is 9.28. The Morgan fingerprint density at radius 1 is 1.45 bits per heavy atom. The summed E-state index contributed by atoms with van der Waals surface area (Å²) in [5.74, 6) is 0. The monoisotopic (exact) mass is 390 g/mol. The fourth-order valence-corrected chi connectivity index (χ4v) is 5.89. The fraction of sp³-hybridized carbons (Fsp3) is 1.00. The van der Waals surface area contributed by atoms with Gasteiger partial charge >= 0.3 is 78.2 Å². The third-order valence-corrected chi connectivity index (χ3v) is 6.45. The zero-order valence-electron chi connectivity index (χ0n) is 4.40. The first-order valence-corrected chi connectivity index (χ1v) is 11.6. The van der Waals surface area contributed by atoms with E-state index < -0.39 is 32.5 Å². The van der Waals surface area contributed by atoms with Gasteiger partial charge in [0.1, 0.15) is 0 Å². The molecule has 0 aromatic rings. The Labute approximate surface area is 77.7 Å². The first-order valence-electron chi connectivity index (χ1n) is 1.71. The normalized spacial score (nSPS) is 14.8. The maximum absolute atomic E-state index is 11.4. The predicted octanol–water partition coefficient (Wildman–Crippen LogP) is 2.74. The van der Waals surface area contributed by atoms with Crippen LogP contribution in [0.5, 0.6) is 0 Å². The number of rotatable bonds is 2. The third-order valence-electron chi connectivity index (χ3n) is 0.414. The van der Waals surface area contributed by atoms with Crippen LogP contribution in [0, 0.1) is 0 Å². The average Bonchev–Trinajstić information content (AvgIpc) is 1.56. The fourth-order valence-electron chi connectivity index (χ4n) is 0.0984. The van der Waals surface area contributed by atoms with Gasteiger partial charge in [-0.2, -0.15) is 0 Å². The van der Waals surface area contributed by atoms with E-state index in [2.05, 4.69) is 15.2 Å². The minimum atomic E-state index is -5.51. The van der Waals surface area contributed by atoms with Crippen molar-refractivity contribution in [2.75, 3.05) is 0 Å². The van der Waals surface area contributed by atoms with Crippen molar-refractivity contribution in [3.63, 3.8) is 0 Å². The molecular formula is CBrClF3IO3S. The van der Waals surface area contributed by atoms with Crippen molar-refractivity contribution in [3.8, 4) is 0 Å². The van der Waals surface area contributed by atoms with Gasteiger partial charge in [0.05, 0.1) is 0 Å². The Morgan fingerprint density at radius 2 is 1.82 bits per heavy atom. The van der Waals surface area contributed by atoms with E-state index in [1.54, 1.807) is 0 Å². The van der Waals surface area contributed by atoms with E-state index in [0.29, 0.717) is 0 Å². The molecule has 0 rings (SSSR count). The number of halogens is 6. The number of hydrogen-bond acceptors (Lipinski definition) is 3. The van der Waals surface area contributed by atoms with Crippen LogP contribution < -0.4 is 0 Å². The summed E-state index contributed by atoms with van der Waals surface area (Å²) in [4.78, 5) is 0. The van der Waals surface area contributed by atoms with E-state index in [1.807, 2.05) is 0 Å².